The second-order valence-corrected chi connectivity index (χ2v) is 5.22. The largest absolute Gasteiger partial charge is 0.288 e. The summed E-state index contributed by atoms with van der Waals surface area (Å²) in [5.41, 5.74) is 1.40. The van der Waals surface area contributed by atoms with Gasteiger partial charge in [0, 0.05) is 25.0 Å². The molecule has 0 aromatic carbocycles. The van der Waals surface area contributed by atoms with Crippen LogP contribution in [0.3, 0.4) is 0 Å². The van der Waals surface area contributed by atoms with Crippen molar-refractivity contribution in [3.05, 3.63) is 42.1 Å². The van der Waals surface area contributed by atoms with E-state index in [9.17, 15) is 0 Å². The summed E-state index contributed by atoms with van der Waals surface area (Å²) in [6, 6.07) is 4.20. The number of rotatable bonds is 2. The minimum absolute atomic E-state index is 0.147. The maximum absolute atomic E-state index is 4.52. The zero-order valence-corrected chi connectivity index (χ0v) is 10.9. The highest BCUT2D eigenvalue weighted by atomic mass is 15.1. The molecule has 0 N–H and O–H groups in total. The van der Waals surface area contributed by atoms with Crippen LogP contribution in [-0.4, -0.2) is 14.5 Å². The summed E-state index contributed by atoms with van der Waals surface area (Å²) >= 11 is 0. The van der Waals surface area contributed by atoms with Gasteiger partial charge in [-0.25, -0.2) is 9.97 Å². The lowest BCUT2D eigenvalue weighted by molar-refractivity contribution is 0.587. The Kier molecular flexibility index (Phi) is 3.01. The standard InChI is InChI=1S/C14H19N3/c1-5-12-15-8-9-17(12)13-7-6-11(10-16-13)14(2,3)4/h6-10H,5H2,1-4H3. The first-order valence-corrected chi connectivity index (χ1v) is 6.01. The molecule has 0 spiro atoms. The van der Waals surface area contributed by atoms with Gasteiger partial charge in [0.05, 0.1) is 0 Å². The molecule has 3 nitrogen and oxygen atoms in total. The van der Waals surface area contributed by atoms with Crippen molar-refractivity contribution in [3.63, 3.8) is 0 Å². The van der Waals surface area contributed by atoms with Gasteiger partial charge in [-0.1, -0.05) is 33.8 Å². The number of hydrogen-bond acceptors (Lipinski definition) is 2. The minimum Gasteiger partial charge on any atom is -0.288 e. The number of imidazole rings is 1. The Morgan fingerprint density at radius 2 is 1.94 bits per heavy atom. The Morgan fingerprint density at radius 3 is 2.47 bits per heavy atom. The average molecular weight is 229 g/mol. The Labute approximate surface area is 103 Å². The Morgan fingerprint density at radius 1 is 1.18 bits per heavy atom. The van der Waals surface area contributed by atoms with Gasteiger partial charge in [0.15, 0.2) is 0 Å². The van der Waals surface area contributed by atoms with E-state index < -0.39 is 0 Å². The van der Waals surface area contributed by atoms with Crippen LogP contribution in [0.1, 0.15) is 39.1 Å². The predicted octanol–water partition coefficient (Wildman–Crippen LogP) is 3.13. The van der Waals surface area contributed by atoms with Gasteiger partial charge >= 0.3 is 0 Å². The van der Waals surface area contributed by atoms with Crippen LogP contribution in [0.15, 0.2) is 30.7 Å². The van der Waals surface area contributed by atoms with Gasteiger partial charge in [0.2, 0.25) is 0 Å². The fraction of sp³-hybridized carbons (Fsp3) is 0.429. The molecule has 0 bridgehead atoms. The van der Waals surface area contributed by atoms with Crippen molar-refractivity contribution >= 4 is 0 Å². The molecule has 0 radical (unpaired) electrons. The molecular formula is C14H19N3. The molecule has 2 rings (SSSR count). The van der Waals surface area contributed by atoms with Gasteiger partial charge in [-0.15, -0.1) is 0 Å². The lowest BCUT2D eigenvalue weighted by Crippen LogP contribution is -2.12. The summed E-state index contributed by atoms with van der Waals surface area (Å²) in [5.74, 6) is 1.98. The molecule has 0 amide bonds. The van der Waals surface area contributed by atoms with Gasteiger partial charge in [-0.2, -0.15) is 0 Å². The van der Waals surface area contributed by atoms with E-state index in [1.165, 1.54) is 5.56 Å². The quantitative estimate of drug-likeness (QED) is 0.792. The maximum Gasteiger partial charge on any atom is 0.137 e. The second kappa shape index (κ2) is 4.32. The summed E-state index contributed by atoms with van der Waals surface area (Å²) in [7, 11) is 0. The Balaban J connectivity index is 2.36. The lowest BCUT2D eigenvalue weighted by atomic mass is 9.88. The summed E-state index contributed by atoms with van der Waals surface area (Å²) < 4.78 is 2.03. The molecular weight excluding hydrogens is 210 g/mol. The molecule has 2 heterocycles. The first-order valence-electron chi connectivity index (χ1n) is 6.01. The van der Waals surface area contributed by atoms with Gasteiger partial charge in [0.1, 0.15) is 11.6 Å². The van der Waals surface area contributed by atoms with Crippen LogP contribution in [0.2, 0.25) is 0 Å². The minimum atomic E-state index is 0.147. The van der Waals surface area contributed by atoms with E-state index >= 15 is 0 Å². The van der Waals surface area contributed by atoms with Gasteiger partial charge in [-0.05, 0) is 17.0 Å². The summed E-state index contributed by atoms with van der Waals surface area (Å²) in [5, 5.41) is 0. The molecule has 17 heavy (non-hydrogen) atoms. The normalized spacial score (nSPS) is 11.8. The molecule has 2 aromatic rings. The number of aromatic nitrogens is 3. The highest BCUT2D eigenvalue weighted by Crippen LogP contribution is 2.21. The van der Waals surface area contributed by atoms with Crippen molar-refractivity contribution in [1.82, 2.24) is 14.5 Å². The van der Waals surface area contributed by atoms with E-state index in [0.717, 1.165) is 18.1 Å². The van der Waals surface area contributed by atoms with Crippen molar-refractivity contribution < 1.29 is 0 Å². The summed E-state index contributed by atoms with van der Waals surface area (Å²) in [6.45, 7) is 8.68. The smallest absolute Gasteiger partial charge is 0.137 e. The first-order chi connectivity index (χ1) is 8.02. The zero-order valence-electron chi connectivity index (χ0n) is 10.9. The van der Waals surface area contributed by atoms with Gasteiger partial charge in [0.25, 0.3) is 0 Å². The third kappa shape index (κ3) is 2.38. The van der Waals surface area contributed by atoms with Gasteiger partial charge in [-0.3, -0.25) is 4.57 Å². The molecule has 0 unspecified atom stereocenters. The van der Waals surface area contributed by atoms with Crippen LogP contribution in [0.5, 0.6) is 0 Å². The van der Waals surface area contributed by atoms with Crippen LogP contribution < -0.4 is 0 Å². The van der Waals surface area contributed by atoms with E-state index in [-0.39, 0.29) is 5.41 Å². The molecule has 0 saturated carbocycles. The lowest BCUT2D eigenvalue weighted by Gasteiger charge is -2.18. The van der Waals surface area contributed by atoms with Crippen molar-refractivity contribution in [1.29, 1.82) is 0 Å². The van der Waals surface area contributed by atoms with Crippen LogP contribution >= 0.6 is 0 Å². The van der Waals surface area contributed by atoms with Crippen molar-refractivity contribution in [3.8, 4) is 5.82 Å². The Bertz CT molecular complexity index is 489. The fourth-order valence-corrected chi connectivity index (χ4v) is 1.78. The van der Waals surface area contributed by atoms with E-state index in [2.05, 4.69) is 49.8 Å². The van der Waals surface area contributed by atoms with Crippen LogP contribution in [-0.2, 0) is 11.8 Å². The predicted molar refractivity (Wildman–Crippen MR) is 69.4 cm³/mol. The summed E-state index contributed by atoms with van der Waals surface area (Å²) in [6.07, 6.45) is 6.64. The number of hydrogen-bond donors (Lipinski definition) is 0. The van der Waals surface area contributed by atoms with E-state index in [1.807, 2.05) is 23.2 Å². The van der Waals surface area contributed by atoms with Crippen LogP contribution in [0.4, 0.5) is 0 Å². The maximum atomic E-state index is 4.52. The number of nitrogens with zero attached hydrogens (tertiary/aromatic N) is 3. The van der Waals surface area contributed by atoms with Crippen LogP contribution in [0, 0.1) is 0 Å². The zero-order chi connectivity index (χ0) is 12.5. The highest BCUT2D eigenvalue weighted by molar-refractivity contribution is 5.30. The monoisotopic (exact) mass is 229 g/mol. The van der Waals surface area contributed by atoms with E-state index in [0.29, 0.717) is 0 Å². The first kappa shape index (κ1) is 11.8. The molecule has 0 aliphatic carbocycles. The molecule has 0 saturated heterocycles. The summed E-state index contributed by atoms with van der Waals surface area (Å²) in [4.78, 5) is 8.82. The topological polar surface area (TPSA) is 30.7 Å². The number of pyridine rings is 1. The molecule has 0 aliphatic heterocycles. The molecule has 3 heteroatoms. The average Bonchev–Trinajstić information content (AvgIpc) is 2.76. The molecule has 0 fully saturated rings. The fourth-order valence-electron chi connectivity index (χ4n) is 1.78. The second-order valence-electron chi connectivity index (χ2n) is 5.22. The van der Waals surface area contributed by atoms with Crippen molar-refractivity contribution in [2.24, 2.45) is 0 Å². The van der Waals surface area contributed by atoms with Gasteiger partial charge < -0.3 is 0 Å². The SMILES string of the molecule is CCc1nccn1-c1ccc(C(C)(C)C)cn1. The van der Waals surface area contributed by atoms with Crippen molar-refractivity contribution in [2.75, 3.05) is 0 Å². The van der Waals surface area contributed by atoms with E-state index in [4.69, 9.17) is 0 Å². The molecule has 0 atom stereocenters. The van der Waals surface area contributed by atoms with E-state index in [1.54, 1.807) is 0 Å². The number of aryl methyl sites for hydroxylation is 1. The Hall–Kier alpha value is -1.64. The van der Waals surface area contributed by atoms with Crippen LogP contribution in [0.25, 0.3) is 5.82 Å². The highest BCUT2D eigenvalue weighted by Gasteiger charge is 2.14. The molecule has 2 aromatic heterocycles. The molecule has 0 aliphatic rings. The molecule has 90 valence electrons. The third-order valence-corrected chi connectivity index (χ3v) is 2.89. The van der Waals surface area contributed by atoms with Crippen molar-refractivity contribution in [2.45, 2.75) is 39.5 Å². The third-order valence-electron chi connectivity index (χ3n) is 2.89.